The molecule has 3 rings (SSSR count). The Morgan fingerprint density at radius 2 is 2.15 bits per heavy atom. The Hall–Kier alpha value is -1.10. The fraction of sp³-hybridized carbons (Fsp3) is 0.526. The lowest BCUT2D eigenvalue weighted by atomic mass is 10.1. The summed E-state index contributed by atoms with van der Waals surface area (Å²) in [5.41, 5.74) is 0. The van der Waals surface area contributed by atoms with E-state index in [1.807, 2.05) is 30.5 Å². The second-order valence-electron chi connectivity index (χ2n) is 6.51. The monoisotopic (exact) mass is 503 g/mol. The Morgan fingerprint density at radius 3 is 2.81 bits per heavy atom. The van der Waals surface area contributed by atoms with Crippen LogP contribution in [0.15, 0.2) is 47.0 Å². The van der Waals surface area contributed by atoms with Crippen molar-refractivity contribution in [2.24, 2.45) is 4.99 Å². The molecule has 3 heterocycles. The van der Waals surface area contributed by atoms with E-state index in [0.717, 1.165) is 45.3 Å². The first-order valence-electron chi connectivity index (χ1n) is 9.20. The maximum Gasteiger partial charge on any atom is 0.191 e. The SMILES string of the molecule is CN=C(NCCn1cccc1)NCC(c1cccs1)N1CCOC(C)C1.I. The highest BCUT2D eigenvalue weighted by molar-refractivity contribution is 14.0. The summed E-state index contributed by atoms with van der Waals surface area (Å²) < 4.78 is 7.87. The number of nitrogens with one attached hydrogen (secondary N) is 2. The van der Waals surface area contributed by atoms with E-state index in [2.05, 4.69) is 61.9 Å². The fourth-order valence-electron chi connectivity index (χ4n) is 3.26. The number of ether oxygens (including phenoxy) is 1. The van der Waals surface area contributed by atoms with E-state index in [0.29, 0.717) is 6.04 Å². The third kappa shape index (κ3) is 6.78. The van der Waals surface area contributed by atoms with Crippen molar-refractivity contribution in [3.63, 3.8) is 0 Å². The van der Waals surface area contributed by atoms with Gasteiger partial charge in [0, 0.05) is 57.0 Å². The molecule has 1 fully saturated rings. The molecule has 0 aromatic carbocycles. The van der Waals surface area contributed by atoms with Gasteiger partial charge in [0.25, 0.3) is 0 Å². The molecule has 0 radical (unpaired) electrons. The van der Waals surface area contributed by atoms with E-state index in [4.69, 9.17) is 4.74 Å². The topological polar surface area (TPSA) is 53.8 Å². The second-order valence-corrected chi connectivity index (χ2v) is 7.49. The molecule has 2 N–H and O–H groups in total. The third-order valence-corrected chi connectivity index (χ3v) is 5.57. The maximum absolute atomic E-state index is 5.71. The molecule has 0 spiro atoms. The van der Waals surface area contributed by atoms with E-state index in [1.54, 1.807) is 0 Å². The Morgan fingerprint density at radius 1 is 1.33 bits per heavy atom. The Bertz CT molecular complexity index is 662. The summed E-state index contributed by atoms with van der Waals surface area (Å²) in [5.74, 6) is 0.847. The van der Waals surface area contributed by atoms with Crippen LogP contribution >= 0.6 is 35.3 Å². The number of rotatable bonds is 7. The molecule has 1 aliphatic rings. The summed E-state index contributed by atoms with van der Waals surface area (Å²) in [6.07, 6.45) is 4.43. The minimum Gasteiger partial charge on any atom is -0.376 e. The normalized spacial score (nSPS) is 19.3. The summed E-state index contributed by atoms with van der Waals surface area (Å²) in [5, 5.41) is 9.05. The van der Waals surface area contributed by atoms with Crippen LogP contribution in [-0.4, -0.2) is 61.4 Å². The first-order chi connectivity index (χ1) is 12.8. The van der Waals surface area contributed by atoms with Gasteiger partial charge in [-0.3, -0.25) is 9.89 Å². The molecule has 0 saturated carbocycles. The molecular formula is C19H30IN5OS. The number of hydrogen-bond acceptors (Lipinski definition) is 4. The van der Waals surface area contributed by atoms with Gasteiger partial charge in [-0.15, -0.1) is 35.3 Å². The summed E-state index contributed by atoms with van der Waals surface area (Å²) in [4.78, 5) is 8.26. The van der Waals surface area contributed by atoms with Gasteiger partial charge in [0.15, 0.2) is 5.96 Å². The lowest BCUT2D eigenvalue weighted by molar-refractivity contribution is -0.0334. The lowest BCUT2D eigenvalue weighted by Gasteiger charge is -2.37. The minimum atomic E-state index is 0. The van der Waals surface area contributed by atoms with Crippen molar-refractivity contribution in [3.8, 4) is 0 Å². The van der Waals surface area contributed by atoms with Gasteiger partial charge in [-0.25, -0.2) is 0 Å². The van der Waals surface area contributed by atoms with Gasteiger partial charge in [0.05, 0.1) is 18.8 Å². The van der Waals surface area contributed by atoms with Crippen LogP contribution in [0.3, 0.4) is 0 Å². The molecule has 1 saturated heterocycles. The zero-order valence-electron chi connectivity index (χ0n) is 16.0. The van der Waals surface area contributed by atoms with Crippen LogP contribution < -0.4 is 10.6 Å². The van der Waals surface area contributed by atoms with Crippen LogP contribution in [0.5, 0.6) is 0 Å². The quantitative estimate of drug-likeness (QED) is 0.347. The van der Waals surface area contributed by atoms with Crippen molar-refractivity contribution in [2.75, 3.05) is 39.8 Å². The van der Waals surface area contributed by atoms with Gasteiger partial charge >= 0.3 is 0 Å². The third-order valence-electron chi connectivity index (χ3n) is 4.60. The number of morpholine rings is 1. The van der Waals surface area contributed by atoms with E-state index >= 15 is 0 Å². The smallest absolute Gasteiger partial charge is 0.191 e. The van der Waals surface area contributed by atoms with Crippen LogP contribution in [0.1, 0.15) is 17.8 Å². The largest absolute Gasteiger partial charge is 0.376 e. The molecule has 0 amide bonds. The number of nitrogens with zero attached hydrogens (tertiary/aromatic N) is 3. The second kappa shape index (κ2) is 11.7. The Labute approximate surface area is 183 Å². The number of thiophene rings is 1. The predicted molar refractivity (Wildman–Crippen MR) is 123 cm³/mol. The van der Waals surface area contributed by atoms with Crippen LogP contribution in [0.25, 0.3) is 0 Å². The number of aromatic nitrogens is 1. The Balaban J connectivity index is 0.00000261. The van der Waals surface area contributed by atoms with Crippen molar-refractivity contribution in [3.05, 3.63) is 46.9 Å². The van der Waals surface area contributed by atoms with Crippen molar-refractivity contribution < 1.29 is 4.74 Å². The highest BCUT2D eigenvalue weighted by atomic mass is 127. The lowest BCUT2D eigenvalue weighted by Crippen LogP contribution is -2.48. The molecule has 2 unspecified atom stereocenters. The van der Waals surface area contributed by atoms with Gasteiger partial charge < -0.3 is 19.9 Å². The minimum absolute atomic E-state index is 0. The van der Waals surface area contributed by atoms with Gasteiger partial charge in [0.1, 0.15) is 0 Å². The van der Waals surface area contributed by atoms with Crippen molar-refractivity contribution in [1.82, 2.24) is 20.1 Å². The van der Waals surface area contributed by atoms with E-state index in [9.17, 15) is 0 Å². The van der Waals surface area contributed by atoms with Crippen molar-refractivity contribution in [2.45, 2.75) is 25.6 Å². The van der Waals surface area contributed by atoms with E-state index in [-0.39, 0.29) is 30.1 Å². The summed E-state index contributed by atoms with van der Waals surface area (Å²) in [6, 6.07) is 8.77. The molecule has 2 aromatic heterocycles. The number of hydrogen-bond donors (Lipinski definition) is 2. The molecule has 0 bridgehead atoms. The summed E-state index contributed by atoms with van der Waals surface area (Å²) >= 11 is 1.82. The van der Waals surface area contributed by atoms with Gasteiger partial charge in [-0.1, -0.05) is 6.07 Å². The molecule has 6 nitrogen and oxygen atoms in total. The number of aliphatic imine (C=N–C) groups is 1. The highest BCUT2D eigenvalue weighted by Gasteiger charge is 2.26. The average Bonchev–Trinajstić information content (AvgIpc) is 3.34. The molecule has 1 aliphatic heterocycles. The summed E-state index contributed by atoms with van der Waals surface area (Å²) in [7, 11) is 1.82. The van der Waals surface area contributed by atoms with Gasteiger partial charge in [-0.05, 0) is 30.5 Å². The summed E-state index contributed by atoms with van der Waals surface area (Å²) in [6.45, 7) is 7.46. The zero-order chi connectivity index (χ0) is 18.2. The number of halogens is 1. The molecule has 2 atom stereocenters. The highest BCUT2D eigenvalue weighted by Crippen LogP contribution is 2.26. The first kappa shape index (κ1) is 22.2. The van der Waals surface area contributed by atoms with E-state index < -0.39 is 0 Å². The molecular weight excluding hydrogens is 473 g/mol. The van der Waals surface area contributed by atoms with Crippen molar-refractivity contribution in [1.29, 1.82) is 0 Å². The molecule has 2 aromatic rings. The van der Waals surface area contributed by atoms with Crippen LogP contribution in [0.4, 0.5) is 0 Å². The van der Waals surface area contributed by atoms with Crippen LogP contribution in [-0.2, 0) is 11.3 Å². The van der Waals surface area contributed by atoms with E-state index in [1.165, 1.54) is 4.88 Å². The maximum atomic E-state index is 5.71. The van der Waals surface area contributed by atoms with Gasteiger partial charge in [-0.2, -0.15) is 0 Å². The molecule has 150 valence electrons. The average molecular weight is 503 g/mol. The fourth-order valence-corrected chi connectivity index (χ4v) is 4.12. The molecule has 8 heteroatoms. The van der Waals surface area contributed by atoms with Gasteiger partial charge in [0.2, 0.25) is 0 Å². The predicted octanol–water partition coefficient (Wildman–Crippen LogP) is 2.79. The van der Waals surface area contributed by atoms with Crippen LogP contribution in [0.2, 0.25) is 0 Å². The number of guanidine groups is 1. The molecule has 0 aliphatic carbocycles. The molecule has 27 heavy (non-hydrogen) atoms. The van der Waals surface area contributed by atoms with Crippen LogP contribution in [0, 0.1) is 0 Å². The first-order valence-corrected chi connectivity index (χ1v) is 10.1. The Kier molecular flexibility index (Phi) is 9.60. The zero-order valence-corrected chi connectivity index (χ0v) is 19.2. The van der Waals surface area contributed by atoms with Crippen molar-refractivity contribution >= 4 is 41.3 Å². The standard InChI is InChI=1S/C19H29N5OS.HI/c1-16-15-24(11-12-25-16)17(18-6-5-13-26-18)14-22-19(20-2)21-7-10-23-8-3-4-9-23;/h3-6,8-9,13,16-17H,7,10-12,14-15H2,1-2H3,(H2,20,21,22);1H.